The number of rotatable bonds is 7. The minimum atomic E-state index is -5.00. The molecule has 1 aliphatic heterocycles. The number of benzene rings is 2. The third kappa shape index (κ3) is 5.04. The van der Waals surface area contributed by atoms with Crippen LogP contribution in [-0.4, -0.2) is 47.5 Å². The van der Waals surface area contributed by atoms with Gasteiger partial charge in [-0.15, -0.1) is 12.4 Å². The second kappa shape index (κ2) is 10.6. The van der Waals surface area contributed by atoms with Gasteiger partial charge in [-0.25, -0.2) is 0 Å². The molecule has 0 saturated heterocycles. The molecular weight excluding hydrogens is 554 g/mol. The van der Waals surface area contributed by atoms with E-state index in [-0.39, 0.29) is 39.6 Å². The molecule has 0 radical (unpaired) electrons. The lowest BCUT2D eigenvalue weighted by molar-refractivity contribution is -0.142. The summed E-state index contributed by atoms with van der Waals surface area (Å²) in [5, 5.41) is 11.8. The van der Waals surface area contributed by atoms with Crippen molar-refractivity contribution in [3.8, 4) is 0 Å². The summed E-state index contributed by atoms with van der Waals surface area (Å²) in [6.07, 6.45) is -3.92. The van der Waals surface area contributed by atoms with Gasteiger partial charge in [-0.05, 0) is 56.1 Å². The van der Waals surface area contributed by atoms with E-state index in [2.05, 4.69) is 4.90 Å². The molecule has 2 aromatic rings. The number of hydrogen-bond donors (Lipinski definition) is 2. The van der Waals surface area contributed by atoms with Crippen LogP contribution >= 0.6 is 35.6 Å². The van der Waals surface area contributed by atoms with E-state index in [1.807, 2.05) is 13.8 Å². The maximum absolute atomic E-state index is 14.3. The second-order valence-corrected chi connectivity index (χ2v) is 10.1. The average Bonchev–Trinajstić information content (AvgIpc) is 2.99. The first-order chi connectivity index (χ1) is 16.8. The van der Waals surface area contributed by atoms with Gasteiger partial charge in [0.2, 0.25) is 5.91 Å². The smallest absolute Gasteiger partial charge is 0.372 e. The Bertz CT molecular complexity index is 1220. The minimum absolute atomic E-state index is 0. The van der Waals surface area contributed by atoms with Crippen LogP contribution in [0.25, 0.3) is 0 Å². The van der Waals surface area contributed by atoms with Crippen molar-refractivity contribution in [2.45, 2.75) is 44.5 Å². The molecular formula is C25H27Cl3F3N3O3. The van der Waals surface area contributed by atoms with E-state index >= 15 is 0 Å². The van der Waals surface area contributed by atoms with Crippen molar-refractivity contribution in [2.24, 2.45) is 11.7 Å². The predicted octanol–water partition coefficient (Wildman–Crippen LogP) is 5.24. The van der Waals surface area contributed by atoms with Crippen molar-refractivity contribution >= 4 is 53.1 Å². The fraction of sp³-hybridized carbons (Fsp3) is 0.440. The van der Waals surface area contributed by atoms with Gasteiger partial charge in [-0.1, -0.05) is 43.1 Å². The van der Waals surface area contributed by atoms with E-state index in [0.717, 1.165) is 25.7 Å². The van der Waals surface area contributed by atoms with Gasteiger partial charge in [-0.3, -0.25) is 9.59 Å². The van der Waals surface area contributed by atoms with Crippen molar-refractivity contribution in [1.82, 2.24) is 4.90 Å². The Morgan fingerprint density at radius 3 is 2.32 bits per heavy atom. The van der Waals surface area contributed by atoms with Crippen LogP contribution < -0.4 is 10.6 Å². The number of carbonyl (C=O) groups is 2. The summed E-state index contributed by atoms with van der Waals surface area (Å²) >= 11 is 12.3. The van der Waals surface area contributed by atoms with E-state index in [4.69, 9.17) is 28.9 Å². The minimum Gasteiger partial charge on any atom is -0.372 e. The third-order valence-corrected chi connectivity index (χ3v) is 7.71. The van der Waals surface area contributed by atoms with Gasteiger partial charge in [0.15, 0.2) is 5.60 Å². The van der Waals surface area contributed by atoms with Gasteiger partial charge in [0.25, 0.3) is 5.91 Å². The van der Waals surface area contributed by atoms with E-state index in [1.54, 1.807) is 0 Å². The summed E-state index contributed by atoms with van der Waals surface area (Å²) in [4.78, 5) is 29.2. The average molecular weight is 581 g/mol. The van der Waals surface area contributed by atoms with E-state index < -0.39 is 46.3 Å². The highest BCUT2D eigenvalue weighted by molar-refractivity contribution is 6.35. The predicted molar refractivity (Wildman–Crippen MR) is 138 cm³/mol. The van der Waals surface area contributed by atoms with Crippen LogP contribution in [0.3, 0.4) is 0 Å². The molecule has 0 bridgehead atoms. The molecule has 12 heteroatoms. The Hall–Kier alpha value is -2.04. The highest BCUT2D eigenvalue weighted by Gasteiger charge is 2.59. The summed E-state index contributed by atoms with van der Waals surface area (Å²) in [7, 11) is 0. The van der Waals surface area contributed by atoms with Crippen LogP contribution in [0.15, 0.2) is 30.3 Å². The van der Waals surface area contributed by atoms with E-state index in [1.165, 1.54) is 23.1 Å². The maximum Gasteiger partial charge on any atom is 0.416 e. The van der Waals surface area contributed by atoms with Crippen LogP contribution in [0.4, 0.5) is 18.9 Å². The number of aliphatic hydroxyl groups is 1. The zero-order chi connectivity index (χ0) is 26.6. The zero-order valence-corrected chi connectivity index (χ0v) is 22.4. The number of halogens is 6. The monoisotopic (exact) mass is 579 g/mol. The maximum atomic E-state index is 14.3. The van der Waals surface area contributed by atoms with Crippen LogP contribution in [-0.2, 0) is 16.6 Å². The van der Waals surface area contributed by atoms with Crippen LogP contribution in [0.1, 0.15) is 53.7 Å². The summed E-state index contributed by atoms with van der Waals surface area (Å²) < 4.78 is 42.9. The summed E-state index contributed by atoms with van der Waals surface area (Å²) in [6, 6.07) is 5.08. The molecule has 2 amide bonds. The molecule has 2 aromatic carbocycles. The van der Waals surface area contributed by atoms with Crippen LogP contribution in [0, 0.1) is 5.92 Å². The highest BCUT2D eigenvalue weighted by Crippen LogP contribution is 2.54. The highest BCUT2D eigenvalue weighted by atomic mass is 35.5. The first kappa shape index (κ1) is 29.5. The Kier molecular flexibility index (Phi) is 8.47. The third-order valence-electron chi connectivity index (χ3n) is 7.16. The lowest BCUT2D eigenvalue weighted by atomic mass is 9.78. The number of amides is 2. The quantitative estimate of drug-likeness (QED) is 0.469. The van der Waals surface area contributed by atoms with Crippen molar-refractivity contribution in [3.05, 3.63) is 62.6 Å². The zero-order valence-electron chi connectivity index (χ0n) is 20.1. The molecule has 2 aliphatic rings. The molecule has 3 N–H and O–H groups in total. The number of anilines is 1. The normalized spacial score (nSPS) is 23.1. The largest absolute Gasteiger partial charge is 0.416 e. The summed E-state index contributed by atoms with van der Waals surface area (Å²) in [5.74, 6) is -1.80. The number of carbonyl (C=O) groups excluding carboxylic acids is 2. The molecule has 4 rings (SSSR count). The molecule has 1 aliphatic carbocycles. The topological polar surface area (TPSA) is 86.9 Å². The Labute approximate surface area is 228 Å². The Morgan fingerprint density at radius 2 is 1.81 bits per heavy atom. The summed E-state index contributed by atoms with van der Waals surface area (Å²) in [5.41, 5.74) is -0.213. The number of primary amides is 1. The fourth-order valence-corrected chi connectivity index (χ4v) is 5.80. The molecule has 1 fully saturated rings. The summed E-state index contributed by atoms with van der Waals surface area (Å²) in [6.45, 7) is 6.59. The van der Waals surface area contributed by atoms with Crippen molar-refractivity contribution in [3.63, 3.8) is 0 Å². The van der Waals surface area contributed by atoms with Crippen molar-refractivity contribution in [2.75, 3.05) is 24.5 Å². The number of nitrogens with two attached hydrogens (primary N) is 1. The molecule has 37 heavy (non-hydrogen) atoms. The molecule has 6 nitrogen and oxygen atoms in total. The van der Waals surface area contributed by atoms with Gasteiger partial charge in [-0.2, -0.15) is 13.2 Å². The van der Waals surface area contributed by atoms with E-state index in [0.29, 0.717) is 18.9 Å². The fourth-order valence-electron chi connectivity index (χ4n) is 5.26. The number of fused-ring (bicyclic) bond motifs is 1. The molecule has 0 aromatic heterocycles. The van der Waals surface area contributed by atoms with Crippen molar-refractivity contribution in [1.29, 1.82) is 0 Å². The molecule has 202 valence electrons. The second-order valence-electron chi connectivity index (χ2n) is 9.27. The molecule has 1 heterocycles. The van der Waals surface area contributed by atoms with Crippen LogP contribution in [0.5, 0.6) is 0 Å². The van der Waals surface area contributed by atoms with Gasteiger partial charge >= 0.3 is 6.18 Å². The first-order valence-electron chi connectivity index (χ1n) is 11.6. The lowest BCUT2D eigenvalue weighted by Crippen LogP contribution is -2.52. The van der Waals surface area contributed by atoms with Gasteiger partial charge in [0.1, 0.15) is 0 Å². The number of nitrogens with zero attached hydrogens (tertiary/aromatic N) is 2. The molecule has 1 atom stereocenters. The molecule has 1 unspecified atom stereocenters. The number of alkyl halides is 3. The van der Waals surface area contributed by atoms with Gasteiger partial charge < -0.3 is 20.6 Å². The Balaban J connectivity index is 0.00000380. The van der Waals surface area contributed by atoms with Crippen LogP contribution in [0.2, 0.25) is 10.0 Å². The molecule has 0 spiro atoms. The Morgan fingerprint density at radius 1 is 1.19 bits per heavy atom. The van der Waals surface area contributed by atoms with Crippen molar-refractivity contribution < 1.29 is 27.9 Å². The van der Waals surface area contributed by atoms with Gasteiger partial charge in [0, 0.05) is 39.3 Å². The standard InChI is InChI=1S/C25H26Cl2F3N3O3.ClH/c1-3-32(4-2)12-13-7-16(8-13)33-20-10-14(22(31)34)9-18(25(28,29)30)21(20)24(36,23(33)35)17-6-5-15(26)11-19(17)27;/h5-6,9-11,13,16,36H,3-4,7-8,12H2,1-2H3,(H2,31,34);1H. The number of hydrogen-bond acceptors (Lipinski definition) is 4. The lowest BCUT2D eigenvalue weighted by Gasteiger charge is -2.43. The van der Waals surface area contributed by atoms with Gasteiger partial charge in [0.05, 0.1) is 11.3 Å². The molecule has 1 saturated carbocycles. The first-order valence-corrected chi connectivity index (χ1v) is 12.4. The van der Waals surface area contributed by atoms with E-state index in [9.17, 15) is 27.9 Å². The SMILES string of the molecule is CCN(CC)CC1CC(N2C(=O)C(O)(c3ccc(Cl)cc3Cl)c3c2cc(C(N)=O)cc3C(F)(F)F)C1.Cl.